The second-order valence-corrected chi connectivity index (χ2v) is 6.22. The average Bonchev–Trinajstić information content (AvgIpc) is 3.23. The van der Waals surface area contributed by atoms with Gasteiger partial charge in [-0.1, -0.05) is 11.6 Å². The van der Waals surface area contributed by atoms with E-state index in [-0.39, 0.29) is 0 Å². The lowest BCUT2D eigenvalue weighted by atomic mass is 10.3. The van der Waals surface area contributed by atoms with Crippen LogP contribution >= 0.6 is 11.6 Å². The van der Waals surface area contributed by atoms with Crippen LogP contribution in [0.2, 0.25) is 5.02 Å². The minimum absolute atomic E-state index is 0.636. The SMILES string of the molecule is Clc1ccc2nc(CN3CCNCC3)n(C3CC3)c2c1. The van der Waals surface area contributed by atoms with Gasteiger partial charge in [0.15, 0.2) is 0 Å². The normalized spacial score (nSPS) is 20.6. The summed E-state index contributed by atoms with van der Waals surface area (Å²) >= 11 is 6.16. The third-order valence-electron chi connectivity index (χ3n) is 4.21. The Labute approximate surface area is 123 Å². The number of rotatable bonds is 3. The smallest absolute Gasteiger partial charge is 0.124 e. The van der Waals surface area contributed by atoms with E-state index in [0.29, 0.717) is 6.04 Å². The van der Waals surface area contributed by atoms with E-state index < -0.39 is 0 Å². The number of fused-ring (bicyclic) bond motifs is 1. The Morgan fingerprint density at radius 3 is 2.80 bits per heavy atom. The molecule has 2 fully saturated rings. The molecule has 2 aliphatic rings. The molecule has 2 aromatic rings. The van der Waals surface area contributed by atoms with Crippen LogP contribution in [-0.2, 0) is 6.54 Å². The van der Waals surface area contributed by atoms with Gasteiger partial charge in [0.2, 0.25) is 0 Å². The zero-order chi connectivity index (χ0) is 13.5. The molecule has 1 saturated heterocycles. The zero-order valence-electron chi connectivity index (χ0n) is 11.5. The van der Waals surface area contributed by atoms with E-state index in [0.717, 1.165) is 43.3 Å². The quantitative estimate of drug-likeness (QED) is 0.942. The summed E-state index contributed by atoms with van der Waals surface area (Å²) in [4.78, 5) is 7.34. The van der Waals surface area contributed by atoms with Gasteiger partial charge in [0.05, 0.1) is 17.6 Å². The fraction of sp³-hybridized carbons (Fsp3) is 0.533. The van der Waals surface area contributed by atoms with Crippen LogP contribution in [0.3, 0.4) is 0 Å². The van der Waals surface area contributed by atoms with Crippen LogP contribution in [0.4, 0.5) is 0 Å². The molecular formula is C15H19ClN4. The van der Waals surface area contributed by atoms with Gasteiger partial charge in [-0.3, -0.25) is 4.90 Å². The van der Waals surface area contributed by atoms with E-state index in [2.05, 4.69) is 20.9 Å². The molecule has 1 saturated carbocycles. The van der Waals surface area contributed by atoms with Gasteiger partial charge in [0.1, 0.15) is 5.82 Å². The van der Waals surface area contributed by atoms with Gasteiger partial charge in [0, 0.05) is 37.2 Å². The summed E-state index contributed by atoms with van der Waals surface area (Å²) in [7, 11) is 0. The monoisotopic (exact) mass is 290 g/mol. The summed E-state index contributed by atoms with van der Waals surface area (Å²) in [6, 6.07) is 6.67. The van der Waals surface area contributed by atoms with E-state index in [1.807, 2.05) is 12.1 Å². The minimum Gasteiger partial charge on any atom is -0.324 e. The summed E-state index contributed by atoms with van der Waals surface area (Å²) in [6.45, 7) is 5.32. The molecule has 0 atom stereocenters. The number of nitrogens with zero attached hydrogens (tertiary/aromatic N) is 3. The molecule has 2 heterocycles. The van der Waals surface area contributed by atoms with Gasteiger partial charge in [0.25, 0.3) is 0 Å². The maximum absolute atomic E-state index is 6.16. The fourth-order valence-corrected chi connectivity index (χ4v) is 3.20. The average molecular weight is 291 g/mol. The molecule has 1 aliphatic heterocycles. The summed E-state index contributed by atoms with van der Waals surface area (Å²) in [5.41, 5.74) is 2.27. The zero-order valence-corrected chi connectivity index (χ0v) is 12.2. The lowest BCUT2D eigenvalue weighted by Crippen LogP contribution is -2.43. The number of benzene rings is 1. The van der Waals surface area contributed by atoms with Crippen LogP contribution in [0.5, 0.6) is 0 Å². The van der Waals surface area contributed by atoms with Crippen molar-refractivity contribution in [3.63, 3.8) is 0 Å². The van der Waals surface area contributed by atoms with E-state index in [4.69, 9.17) is 16.6 Å². The van der Waals surface area contributed by atoms with E-state index in [9.17, 15) is 0 Å². The van der Waals surface area contributed by atoms with Crippen molar-refractivity contribution in [1.82, 2.24) is 19.8 Å². The molecule has 0 radical (unpaired) electrons. The van der Waals surface area contributed by atoms with Crippen LogP contribution in [0.25, 0.3) is 11.0 Å². The van der Waals surface area contributed by atoms with Gasteiger partial charge < -0.3 is 9.88 Å². The number of imidazole rings is 1. The van der Waals surface area contributed by atoms with Gasteiger partial charge >= 0.3 is 0 Å². The van der Waals surface area contributed by atoms with Crippen molar-refractivity contribution < 1.29 is 0 Å². The summed E-state index contributed by atoms with van der Waals surface area (Å²) in [6.07, 6.45) is 2.54. The predicted molar refractivity (Wildman–Crippen MR) is 81.2 cm³/mol. The predicted octanol–water partition coefficient (Wildman–Crippen LogP) is 2.43. The van der Waals surface area contributed by atoms with Crippen molar-refractivity contribution in [3.8, 4) is 0 Å². The highest BCUT2D eigenvalue weighted by Gasteiger charge is 2.29. The maximum Gasteiger partial charge on any atom is 0.124 e. The standard InChI is InChI=1S/C15H19ClN4/c16-11-1-4-13-14(9-11)20(12-2-3-12)15(18-13)10-19-7-5-17-6-8-19/h1,4,9,12,17H,2-3,5-8,10H2. The molecule has 0 amide bonds. The van der Waals surface area contributed by atoms with Gasteiger partial charge in [-0.15, -0.1) is 0 Å². The molecule has 0 spiro atoms. The number of halogens is 1. The van der Waals surface area contributed by atoms with Gasteiger partial charge in [-0.25, -0.2) is 4.98 Å². The molecule has 1 aromatic carbocycles. The van der Waals surface area contributed by atoms with Crippen molar-refractivity contribution in [1.29, 1.82) is 0 Å². The molecule has 4 rings (SSSR count). The number of nitrogens with one attached hydrogen (secondary N) is 1. The Bertz CT molecular complexity index is 626. The summed E-state index contributed by atoms with van der Waals surface area (Å²) in [5.74, 6) is 1.20. The minimum atomic E-state index is 0.636. The third kappa shape index (κ3) is 2.32. The lowest BCUT2D eigenvalue weighted by molar-refractivity contribution is 0.225. The summed E-state index contributed by atoms with van der Waals surface area (Å²) < 4.78 is 2.42. The van der Waals surface area contributed by atoms with Crippen molar-refractivity contribution in [2.24, 2.45) is 0 Å². The molecule has 1 aromatic heterocycles. The second kappa shape index (κ2) is 5.02. The van der Waals surface area contributed by atoms with Crippen LogP contribution in [0, 0.1) is 0 Å². The lowest BCUT2D eigenvalue weighted by Gasteiger charge is -2.27. The number of hydrogen-bond acceptors (Lipinski definition) is 3. The number of aromatic nitrogens is 2. The molecule has 1 N–H and O–H groups in total. The highest BCUT2D eigenvalue weighted by molar-refractivity contribution is 6.31. The molecular weight excluding hydrogens is 272 g/mol. The van der Waals surface area contributed by atoms with E-state index in [1.165, 1.54) is 24.2 Å². The first-order valence-corrected chi connectivity index (χ1v) is 7.78. The van der Waals surface area contributed by atoms with Gasteiger partial charge in [-0.2, -0.15) is 0 Å². The molecule has 106 valence electrons. The van der Waals surface area contributed by atoms with Crippen molar-refractivity contribution in [2.75, 3.05) is 26.2 Å². The topological polar surface area (TPSA) is 33.1 Å². The molecule has 0 unspecified atom stereocenters. The Balaban J connectivity index is 1.72. The molecule has 4 nitrogen and oxygen atoms in total. The first-order valence-electron chi connectivity index (χ1n) is 7.41. The van der Waals surface area contributed by atoms with Crippen LogP contribution in [-0.4, -0.2) is 40.6 Å². The molecule has 5 heteroatoms. The van der Waals surface area contributed by atoms with Crippen LogP contribution in [0.1, 0.15) is 24.7 Å². The summed E-state index contributed by atoms with van der Waals surface area (Å²) in [5, 5.41) is 4.20. The van der Waals surface area contributed by atoms with Crippen LogP contribution < -0.4 is 5.32 Å². The van der Waals surface area contributed by atoms with E-state index >= 15 is 0 Å². The van der Waals surface area contributed by atoms with Crippen molar-refractivity contribution in [2.45, 2.75) is 25.4 Å². The van der Waals surface area contributed by atoms with Crippen molar-refractivity contribution >= 4 is 22.6 Å². The first-order chi connectivity index (χ1) is 9.81. The van der Waals surface area contributed by atoms with Gasteiger partial charge in [-0.05, 0) is 31.0 Å². The molecule has 0 bridgehead atoms. The second-order valence-electron chi connectivity index (χ2n) is 5.79. The van der Waals surface area contributed by atoms with Crippen LogP contribution in [0.15, 0.2) is 18.2 Å². The molecule has 1 aliphatic carbocycles. The van der Waals surface area contributed by atoms with Crippen molar-refractivity contribution in [3.05, 3.63) is 29.0 Å². The third-order valence-corrected chi connectivity index (χ3v) is 4.45. The Kier molecular flexibility index (Phi) is 3.17. The van der Waals surface area contributed by atoms with E-state index in [1.54, 1.807) is 0 Å². The number of hydrogen-bond donors (Lipinski definition) is 1. The maximum atomic E-state index is 6.16. The highest BCUT2D eigenvalue weighted by Crippen LogP contribution is 2.39. The number of piperazine rings is 1. The largest absolute Gasteiger partial charge is 0.324 e. The Morgan fingerprint density at radius 2 is 2.05 bits per heavy atom. The Morgan fingerprint density at radius 1 is 1.25 bits per heavy atom. The Hall–Kier alpha value is -1.10. The first kappa shape index (κ1) is 12.6. The highest BCUT2D eigenvalue weighted by atomic mass is 35.5. The fourth-order valence-electron chi connectivity index (χ4n) is 3.04. The molecule has 20 heavy (non-hydrogen) atoms.